The van der Waals surface area contributed by atoms with E-state index in [2.05, 4.69) is 9.31 Å². The standard InChI is InChI=1S/C8H3BF12O7/c10-5(11,12)3(1(22)23,6(13,14)15)27-9(26)28-4(2(24)25,7(16,17)18)8(19,20)21/h26H,(H,22,23)(H,24,25). The molecule has 0 saturated carbocycles. The predicted molar refractivity (Wildman–Crippen MR) is 55.1 cm³/mol. The second kappa shape index (κ2) is 7.14. The highest BCUT2D eigenvalue weighted by Crippen LogP contribution is 2.49. The first-order chi connectivity index (χ1) is 12.0. The van der Waals surface area contributed by atoms with E-state index in [0.29, 0.717) is 0 Å². The highest BCUT2D eigenvalue weighted by Gasteiger charge is 2.82. The van der Waals surface area contributed by atoms with E-state index >= 15 is 0 Å². The van der Waals surface area contributed by atoms with Gasteiger partial charge in [-0.25, -0.2) is 9.59 Å². The van der Waals surface area contributed by atoms with Gasteiger partial charge in [-0.3, -0.25) is 0 Å². The minimum absolute atomic E-state index is 2.44. The monoisotopic (exact) mass is 450 g/mol. The van der Waals surface area contributed by atoms with Gasteiger partial charge >= 0.3 is 55.2 Å². The molecule has 0 unspecified atom stereocenters. The molecule has 0 spiro atoms. The van der Waals surface area contributed by atoms with Gasteiger partial charge in [0.1, 0.15) is 0 Å². The van der Waals surface area contributed by atoms with Crippen LogP contribution >= 0.6 is 0 Å². The number of alkyl halides is 12. The Kier molecular flexibility index (Phi) is 6.64. The highest BCUT2D eigenvalue weighted by atomic mass is 19.4. The number of carboxylic acid groups (broad SMARTS) is 2. The second-order valence-corrected chi connectivity index (χ2v) is 4.51. The summed E-state index contributed by atoms with van der Waals surface area (Å²) >= 11 is 0. The molecular formula is C8H3BF12O7. The molecule has 7 nitrogen and oxygen atoms in total. The zero-order valence-corrected chi connectivity index (χ0v) is 12.1. The van der Waals surface area contributed by atoms with Gasteiger partial charge in [-0.15, -0.1) is 0 Å². The van der Waals surface area contributed by atoms with Crippen LogP contribution in [0.2, 0.25) is 0 Å². The van der Waals surface area contributed by atoms with E-state index < -0.39 is 55.2 Å². The van der Waals surface area contributed by atoms with Gasteiger partial charge < -0.3 is 24.5 Å². The number of hydrogen-bond donors (Lipinski definition) is 3. The van der Waals surface area contributed by atoms with Crippen LogP contribution in [0.1, 0.15) is 0 Å². The average molecular weight is 450 g/mol. The van der Waals surface area contributed by atoms with Gasteiger partial charge in [-0.1, -0.05) is 0 Å². The Balaban J connectivity index is 6.45. The van der Waals surface area contributed by atoms with Gasteiger partial charge in [0.05, 0.1) is 0 Å². The lowest BCUT2D eigenvalue weighted by atomic mass is 9.97. The van der Waals surface area contributed by atoms with Gasteiger partial charge in [0.15, 0.2) is 0 Å². The molecule has 0 radical (unpaired) electrons. The van der Waals surface area contributed by atoms with Crippen molar-refractivity contribution in [2.45, 2.75) is 35.9 Å². The first-order valence-electron chi connectivity index (χ1n) is 5.76. The molecule has 0 aromatic carbocycles. The van der Waals surface area contributed by atoms with Crippen LogP contribution in [-0.2, 0) is 18.9 Å². The van der Waals surface area contributed by atoms with E-state index in [1.807, 2.05) is 0 Å². The summed E-state index contributed by atoms with van der Waals surface area (Å²) in [6.07, 6.45) is -28.5. The Morgan fingerprint density at radius 3 is 0.857 bits per heavy atom. The molecule has 0 amide bonds. The number of aliphatic carboxylic acids is 2. The molecule has 28 heavy (non-hydrogen) atoms. The van der Waals surface area contributed by atoms with Crippen LogP contribution in [0.5, 0.6) is 0 Å². The van der Waals surface area contributed by atoms with Crippen LogP contribution < -0.4 is 0 Å². The number of rotatable bonds is 6. The Morgan fingerprint density at radius 1 is 0.571 bits per heavy atom. The molecule has 0 saturated heterocycles. The Morgan fingerprint density at radius 2 is 0.750 bits per heavy atom. The van der Waals surface area contributed by atoms with Crippen LogP contribution in [0.4, 0.5) is 52.7 Å². The maximum Gasteiger partial charge on any atom is 0.639 e. The van der Waals surface area contributed by atoms with Crippen LogP contribution in [0, 0.1) is 0 Å². The first kappa shape index (κ1) is 26.0. The smallest absolute Gasteiger partial charge is 0.479 e. The summed E-state index contributed by atoms with van der Waals surface area (Å²) in [4.78, 5) is 20.9. The van der Waals surface area contributed by atoms with Crippen molar-refractivity contribution in [1.29, 1.82) is 0 Å². The molecule has 164 valence electrons. The van der Waals surface area contributed by atoms with Crippen molar-refractivity contribution in [1.82, 2.24) is 0 Å². The molecule has 20 heteroatoms. The summed E-state index contributed by atoms with van der Waals surface area (Å²) in [5.74, 6) is -8.15. The molecule has 0 atom stereocenters. The molecule has 0 bridgehead atoms. The van der Waals surface area contributed by atoms with Gasteiger partial charge in [-0.05, 0) is 0 Å². The lowest BCUT2D eigenvalue weighted by Crippen LogP contribution is -2.70. The van der Waals surface area contributed by atoms with E-state index in [9.17, 15) is 62.3 Å². The molecule has 0 aliphatic heterocycles. The van der Waals surface area contributed by atoms with Gasteiger partial charge in [0, 0.05) is 0 Å². The molecule has 0 aliphatic rings. The van der Waals surface area contributed by atoms with Crippen LogP contribution in [0.3, 0.4) is 0 Å². The summed E-state index contributed by atoms with van der Waals surface area (Å²) in [6.45, 7) is 0. The number of carbonyl (C=O) groups is 2. The topological polar surface area (TPSA) is 113 Å². The van der Waals surface area contributed by atoms with E-state index in [1.165, 1.54) is 0 Å². The van der Waals surface area contributed by atoms with E-state index in [-0.39, 0.29) is 0 Å². The number of hydrogen-bond acceptors (Lipinski definition) is 5. The average Bonchev–Trinajstić information content (AvgIpc) is 2.35. The molecule has 0 rings (SSSR count). The zero-order valence-electron chi connectivity index (χ0n) is 12.1. The summed E-state index contributed by atoms with van der Waals surface area (Å²) in [6, 6.07) is 0. The fourth-order valence-corrected chi connectivity index (χ4v) is 1.50. The van der Waals surface area contributed by atoms with Crippen molar-refractivity contribution in [3.05, 3.63) is 0 Å². The van der Waals surface area contributed by atoms with E-state index in [4.69, 9.17) is 15.2 Å². The molecule has 0 fully saturated rings. The third-order valence-electron chi connectivity index (χ3n) is 2.75. The minimum Gasteiger partial charge on any atom is -0.479 e. The molecular weight excluding hydrogens is 447 g/mol. The van der Waals surface area contributed by atoms with Gasteiger partial charge in [0.25, 0.3) is 0 Å². The van der Waals surface area contributed by atoms with Crippen LogP contribution in [0.15, 0.2) is 0 Å². The molecule has 3 N–H and O–H groups in total. The summed E-state index contributed by atoms with van der Waals surface area (Å²) in [5, 5.41) is 25.1. The van der Waals surface area contributed by atoms with Crippen molar-refractivity contribution in [3.8, 4) is 0 Å². The SMILES string of the molecule is O=C(O)C(OB(O)OC(C(=O)O)(C(F)(F)F)C(F)(F)F)(C(F)(F)F)C(F)(F)F. The van der Waals surface area contributed by atoms with E-state index in [0.717, 1.165) is 0 Å². The quantitative estimate of drug-likeness (QED) is 0.419. The third-order valence-corrected chi connectivity index (χ3v) is 2.75. The largest absolute Gasteiger partial charge is 0.639 e. The van der Waals surface area contributed by atoms with E-state index in [1.54, 1.807) is 0 Å². The number of carboxylic acids is 2. The summed E-state index contributed by atoms with van der Waals surface area (Å²) in [7, 11) is -4.95. The first-order valence-corrected chi connectivity index (χ1v) is 5.76. The minimum atomic E-state index is -7.12. The fraction of sp³-hybridized carbons (Fsp3) is 0.750. The maximum absolute atomic E-state index is 12.6. The maximum atomic E-state index is 12.6. The van der Waals surface area contributed by atoms with Crippen molar-refractivity contribution in [2.75, 3.05) is 0 Å². The third kappa shape index (κ3) is 4.07. The summed E-state index contributed by atoms with van der Waals surface area (Å²) in [5.41, 5.74) is -13.2. The Hall–Kier alpha value is -1.96. The van der Waals surface area contributed by atoms with Crippen molar-refractivity contribution >= 4 is 19.3 Å². The van der Waals surface area contributed by atoms with Crippen molar-refractivity contribution in [3.63, 3.8) is 0 Å². The molecule has 0 aromatic heterocycles. The lowest BCUT2D eigenvalue weighted by Gasteiger charge is -2.37. The zero-order chi connectivity index (χ0) is 23.1. The molecule has 0 aliphatic carbocycles. The Bertz CT molecular complexity index is 525. The van der Waals surface area contributed by atoms with Crippen LogP contribution in [-0.4, -0.2) is 70.4 Å². The normalized spacial score (nSPS) is 14.8. The Labute approximate surface area is 143 Å². The van der Waals surface area contributed by atoms with Crippen molar-refractivity contribution in [2.24, 2.45) is 0 Å². The second-order valence-electron chi connectivity index (χ2n) is 4.51. The fourth-order valence-electron chi connectivity index (χ4n) is 1.50. The molecule has 0 heterocycles. The highest BCUT2D eigenvalue weighted by molar-refractivity contribution is 6.36. The van der Waals surface area contributed by atoms with Gasteiger partial charge in [-0.2, -0.15) is 52.7 Å². The van der Waals surface area contributed by atoms with Crippen LogP contribution in [0.25, 0.3) is 0 Å². The summed E-state index contributed by atoms with van der Waals surface area (Å²) < 4.78 is 156. The van der Waals surface area contributed by atoms with Crippen molar-refractivity contribution < 1.29 is 86.8 Å². The molecule has 0 aromatic rings. The number of halogens is 12. The van der Waals surface area contributed by atoms with Gasteiger partial charge in [0.2, 0.25) is 0 Å². The predicted octanol–water partition coefficient (Wildman–Crippen LogP) is 1.89. The lowest BCUT2D eigenvalue weighted by molar-refractivity contribution is -0.368.